The summed E-state index contributed by atoms with van der Waals surface area (Å²) in [4.78, 5) is 39.5. The number of carbonyl (C=O) groups is 3. The molecule has 3 aliphatic rings. The van der Waals surface area contributed by atoms with E-state index in [9.17, 15) is 29.7 Å². The molecule has 2 fully saturated rings. The normalized spacial score (nSPS) is 24.4. The number of piperidine rings is 1. The molecule has 2 N–H and O–H groups in total. The van der Waals surface area contributed by atoms with Crippen LogP contribution in [0.3, 0.4) is 0 Å². The van der Waals surface area contributed by atoms with Crippen molar-refractivity contribution in [2.45, 2.75) is 50.9 Å². The predicted octanol–water partition coefficient (Wildman–Crippen LogP) is -3.71. The van der Waals surface area contributed by atoms with E-state index in [4.69, 9.17) is 0 Å². The Morgan fingerprint density at radius 2 is 1.81 bits per heavy atom. The molecule has 31 heavy (non-hydrogen) atoms. The standard InChI is InChI=1S/C22H26N2O6.Na/c1-12(25)19-17-11-16(20(22(29)30)24(17)21(19)28)14-4-2-13(3-5-14)10-18(27)23-8-6-15(26)7-9-23;/h2-5,12,15,17,19,25-26H,6-11H2,1H3,(H,29,30);/q;+1/p-1/t12-,17-,19+;/m1./s1. The Balaban J connectivity index is 0.00000272. The number of hydrogen-bond donors (Lipinski definition) is 2. The van der Waals surface area contributed by atoms with Crippen molar-refractivity contribution in [2.75, 3.05) is 13.1 Å². The maximum Gasteiger partial charge on any atom is 1.00 e. The van der Waals surface area contributed by atoms with E-state index in [-0.39, 0.29) is 59.7 Å². The molecule has 2 saturated heterocycles. The minimum Gasteiger partial charge on any atom is -0.543 e. The molecule has 0 unspecified atom stereocenters. The summed E-state index contributed by atoms with van der Waals surface area (Å²) in [6, 6.07) is 6.73. The fraction of sp³-hybridized carbons (Fsp3) is 0.500. The van der Waals surface area contributed by atoms with Crippen LogP contribution in [-0.2, 0) is 20.8 Å². The van der Waals surface area contributed by atoms with Crippen LogP contribution in [0.15, 0.2) is 30.0 Å². The summed E-state index contributed by atoms with van der Waals surface area (Å²) in [6.45, 7) is 2.64. The van der Waals surface area contributed by atoms with E-state index in [1.807, 2.05) is 0 Å². The van der Waals surface area contributed by atoms with E-state index >= 15 is 0 Å². The summed E-state index contributed by atoms with van der Waals surface area (Å²) in [5, 5.41) is 31.1. The molecule has 2 amide bonds. The predicted molar refractivity (Wildman–Crippen MR) is 104 cm³/mol. The Morgan fingerprint density at radius 3 is 2.35 bits per heavy atom. The van der Waals surface area contributed by atoms with Gasteiger partial charge in [0.1, 0.15) is 0 Å². The monoisotopic (exact) mass is 436 g/mol. The molecule has 0 radical (unpaired) electrons. The SMILES string of the molecule is C[C@@H](O)[C@@H]1C(=O)N2C(C(=O)[O-])=C(c3ccc(CC(=O)N4CCC(O)CC4)cc3)C[C@H]12.[Na+]. The van der Waals surface area contributed by atoms with Gasteiger partial charge >= 0.3 is 29.6 Å². The number of aliphatic hydroxyl groups excluding tert-OH is 2. The van der Waals surface area contributed by atoms with Gasteiger partial charge in [-0.05, 0) is 42.9 Å². The van der Waals surface area contributed by atoms with Gasteiger partial charge in [-0.2, -0.15) is 0 Å². The fourth-order valence-corrected chi connectivity index (χ4v) is 4.74. The van der Waals surface area contributed by atoms with Crippen LogP contribution >= 0.6 is 0 Å². The number of β-lactam (4-membered cyclic amide) rings is 1. The van der Waals surface area contributed by atoms with Crippen molar-refractivity contribution in [1.29, 1.82) is 0 Å². The Morgan fingerprint density at radius 1 is 1.19 bits per heavy atom. The first-order chi connectivity index (χ1) is 14.3. The van der Waals surface area contributed by atoms with Gasteiger partial charge in [-0.25, -0.2) is 0 Å². The van der Waals surface area contributed by atoms with Gasteiger partial charge in [0, 0.05) is 13.1 Å². The van der Waals surface area contributed by atoms with Gasteiger partial charge in [0.2, 0.25) is 11.8 Å². The van der Waals surface area contributed by atoms with Crippen molar-refractivity contribution in [2.24, 2.45) is 5.92 Å². The van der Waals surface area contributed by atoms with Crippen LogP contribution in [0.5, 0.6) is 0 Å². The summed E-state index contributed by atoms with van der Waals surface area (Å²) in [7, 11) is 0. The number of nitrogens with zero attached hydrogens (tertiary/aromatic N) is 2. The van der Waals surface area contributed by atoms with E-state index in [1.165, 1.54) is 11.8 Å². The van der Waals surface area contributed by atoms with Crippen molar-refractivity contribution in [3.63, 3.8) is 0 Å². The van der Waals surface area contributed by atoms with Crippen LogP contribution in [0.2, 0.25) is 0 Å². The first kappa shape index (κ1) is 23.9. The molecule has 1 aromatic rings. The van der Waals surface area contributed by atoms with Crippen molar-refractivity contribution in [3.05, 3.63) is 41.1 Å². The number of rotatable bonds is 5. The minimum absolute atomic E-state index is 0. The molecule has 3 aliphatic heterocycles. The first-order valence-corrected chi connectivity index (χ1v) is 10.3. The summed E-state index contributed by atoms with van der Waals surface area (Å²) in [5.41, 5.74) is 1.86. The maximum atomic E-state index is 12.5. The van der Waals surface area contributed by atoms with Crippen LogP contribution in [0, 0.1) is 5.92 Å². The molecule has 3 atom stereocenters. The second-order valence-corrected chi connectivity index (χ2v) is 8.35. The number of aliphatic hydroxyl groups is 2. The van der Waals surface area contributed by atoms with Crippen molar-refractivity contribution >= 4 is 23.4 Å². The number of carbonyl (C=O) groups excluding carboxylic acids is 3. The second-order valence-electron chi connectivity index (χ2n) is 8.35. The van der Waals surface area contributed by atoms with Gasteiger partial charge < -0.3 is 29.9 Å². The Hall–Kier alpha value is -1.71. The maximum absolute atomic E-state index is 12.5. The molecule has 8 nitrogen and oxygen atoms in total. The number of aliphatic carboxylic acids is 1. The Bertz CT molecular complexity index is 905. The molecule has 9 heteroatoms. The fourth-order valence-electron chi connectivity index (χ4n) is 4.74. The van der Waals surface area contributed by atoms with Crippen molar-refractivity contribution in [1.82, 2.24) is 9.80 Å². The van der Waals surface area contributed by atoms with Gasteiger partial charge in [-0.3, -0.25) is 9.59 Å². The van der Waals surface area contributed by atoms with E-state index in [0.717, 1.165) is 5.56 Å². The molecular formula is C22H25N2NaO6. The summed E-state index contributed by atoms with van der Waals surface area (Å²) >= 11 is 0. The number of amides is 2. The van der Waals surface area contributed by atoms with Crippen molar-refractivity contribution < 1.29 is 59.3 Å². The number of hydrogen-bond acceptors (Lipinski definition) is 6. The van der Waals surface area contributed by atoms with E-state index in [2.05, 4.69) is 0 Å². The average Bonchev–Trinajstić information content (AvgIpc) is 3.04. The zero-order valence-corrected chi connectivity index (χ0v) is 19.8. The molecule has 1 aromatic carbocycles. The number of benzene rings is 1. The molecule has 0 spiro atoms. The number of fused-ring (bicyclic) bond motifs is 1. The molecule has 0 saturated carbocycles. The zero-order valence-electron chi connectivity index (χ0n) is 17.8. The largest absolute Gasteiger partial charge is 1.00 e. The topological polar surface area (TPSA) is 121 Å². The third-order valence-corrected chi connectivity index (χ3v) is 6.40. The van der Waals surface area contributed by atoms with E-state index in [1.54, 1.807) is 29.2 Å². The number of carboxylic acids is 1. The first-order valence-electron chi connectivity index (χ1n) is 10.3. The summed E-state index contributed by atoms with van der Waals surface area (Å²) in [6.07, 6.45) is 0.588. The third kappa shape index (κ3) is 4.45. The quantitative estimate of drug-likeness (QED) is 0.362. The Kier molecular flexibility index (Phi) is 7.28. The van der Waals surface area contributed by atoms with E-state index < -0.39 is 23.9 Å². The second kappa shape index (κ2) is 9.42. The summed E-state index contributed by atoms with van der Waals surface area (Å²) < 4.78 is 0. The number of likely N-dealkylation sites (tertiary alicyclic amines) is 1. The summed E-state index contributed by atoms with van der Waals surface area (Å²) in [5.74, 6) is -2.40. The molecule has 3 heterocycles. The van der Waals surface area contributed by atoms with Crippen LogP contribution in [-0.4, -0.2) is 69.1 Å². The zero-order chi connectivity index (χ0) is 21.6. The van der Waals surface area contributed by atoms with Crippen LogP contribution in [0.1, 0.15) is 37.3 Å². The molecule has 0 aliphatic carbocycles. The average molecular weight is 436 g/mol. The Labute approximate surface area is 202 Å². The molecule has 160 valence electrons. The van der Waals surface area contributed by atoms with Gasteiger partial charge in [0.25, 0.3) is 0 Å². The van der Waals surface area contributed by atoms with Gasteiger partial charge in [-0.15, -0.1) is 0 Å². The number of carboxylic acid groups (broad SMARTS) is 1. The molecular weight excluding hydrogens is 411 g/mol. The van der Waals surface area contributed by atoms with Crippen LogP contribution < -0.4 is 34.7 Å². The van der Waals surface area contributed by atoms with Gasteiger partial charge in [-0.1, -0.05) is 24.3 Å². The molecule has 0 bridgehead atoms. The van der Waals surface area contributed by atoms with Gasteiger partial charge in [0.05, 0.1) is 42.3 Å². The third-order valence-electron chi connectivity index (χ3n) is 6.40. The minimum atomic E-state index is -1.41. The smallest absolute Gasteiger partial charge is 0.543 e. The van der Waals surface area contributed by atoms with Crippen molar-refractivity contribution in [3.8, 4) is 0 Å². The van der Waals surface area contributed by atoms with Crippen LogP contribution in [0.25, 0.3) is 5.57 Å². The van der Waals surface area contributed by atoms with E-state index in [0.29, 0.717) is 43.5 Å². The van der Waals surface area contributed by atoms with Crippen LogP contribution in [0.4, 0.5) is 0 Å². The van der Waals surface area contributed by atoms with Gasteiger partial charge in [0.15, 0.2) is 0 Å². The molecule has 4 rings (SSSR count). The molecule has 0 aromatic heterocycles.